The van der Waals surface area contributed by atoms with Gasteiger partial charge in [-0.25, -0.2) is 0 Å². The van der Waals surface area contributed by atoms with Gasteiger partial charge in [0.05, 0.1) is 0 Å². The molecule has 0 N–H and O–H groups in total. The average molecular weight is 336 g/mol. The van der Waals surface area contributed by atoms with Crippen LogP contribution in [0.25, 0.3) is 0 Å². The Bertz CT molecular complexity index is 342. The van der Waals surface area contributed by atoms with Crippen LogP contribution in [0, 0.1) is 11.3 Å². The van der Waals surface area contributed by atoms with E-state index < -0.39 is 0 Å². The van der Waals surface area contributed by atoms with Crippen molar-refractivity contribution >= 4 is 0 Å². The predicted molar refractivity (Wildman–Crippen MR) is 106 cm³/mol. The minimum atomic E-state index is 0.703. The summed E-state index contributed by atoms with van der Waals surface area (Å²) in [7, 11) is 2.27. The Hall–Kier alpha value is -0.380. The van der Waals surface area contributed by atoms with Gasteiger partial charge in [0.2, 0.25) is 0 Å². The van der Waals surface area contributed by atoms with Crippen molar-refractivity contribution in [2.24, 2.45) is 11.3 Å². The molecule has 3 heterocycles. The molecule has 0 aromatic heterocycles. The zero-order chi connectivity index (χ0) is 17.6. The highest BCUT2D eigenvalue weighted by Crippen LogP contribution is 2.41. The van der Waals surface area contributed by atoms with Crippen molar-refractivity contribution in [3.8, 4) is 0 Å². The summed E-state index contributed by atoms with van der Waals surface area (Å²) in [5.41, 5.74) is 0.703. The van der Waals surface area contributed by atoms with Gasteiger partial charge in [-0.1, -0.05) is 0 Å². The normalized spacial score (nSPS) is 27.2. The quantitative estimate of drug-likeness (QED) is 0.728. The van der Waals surface area contributed by atoms with Crippen LogP contribution >= 0.6 is 0 Å². The van der Waals surface area contributed by atoms with E-state index in [1.165, 1.54) is 84.3 Å². The van der Waals surface area contributed by atoms with Gasteiger partial charge in [-0.05, 0) is 110 Å². The Morgan fingerprint density at radius 3 is 1.88 bits per heavy atom. The fourth-order valence-electron chi connectivity index (χ4n) is 4.83. The smallest absolute Gasteiger partial charge is 0.00385 e. The van der Waals surface area contributed by atoms with E-state index in [1.54, 1.807) is 0 Å². The number of likely N-dealkylation sites (tertiary alicyclic amines) is 3. The van der Waals surface area contributed by atoms with Crippen LogP contribution in [0.15, 0.2) is 13.2 Å². The van der Waals surface area contributed by atoms with Crippen LogP contribution in [-0.2, 0) is 0 Å². The maximum absolute atomic E-state index is 3.00. The molecule has 0 radical (unpaired) electrons. The molecule has 0 aromatic rings. The largest absolute Gasteiger partial charge is 0.306 e. The number of hydrogen-bond acceptors (Lipinski definition) is 3. The molecule has 24 heavy (non-hydrogen) atoms. The van der Waals surface area contributed by atoms with E-state index in [4.69, 9.17) is 0 Å². The summed E-state index contributed by atoms with van der Waals surface area (Å²) in [6, 6.07) is 0.738. The Kier molecular flexibility index (Phi) is 7.77. The van der Waals surface area contributed by atoms with Gasteiger partial charge >= 0.3 is 0 Å². The van der Waals surface area contributed by atoms with Gasteiger partial charge in [0, 0.05) is 12.6 Å². The summed E-state index contributed by atoms with van der Waals surface area (Å²) in [5, 5.41) is 0. The zero-order valence-electron chi connectivity index (χ0n) is 16.6. The minimum Gasteiger partial charge on any atom is -0.306 e. The molecular weight excluding hydrogens is 294 g/mol. The van der Waals surface area contributed by atoms with Crippen LogP contribution in [0.4, 0.5) is 0 Å². The van der Waals surface area contributed by atoms with Crippen LogP contribution in [0.2, 0.25) is 0 Å². The molecule has 3 heteroatoms. The second-order valence-corrected chi connectivity index (χ2v) is 8.68. The van der Waals surface area contributed by atoms with Crippen molar-refractivity contribution < 1.29 is 0 Å². The maximum atomic E-state index is 3.00. The highest BCUT2D eigenvalue weighted by atomic mass is 15.2. The topological polar surface area (TPSA) is 9.72 Å². The van der Waals surface area contributed by atoms with Gasteiger partial charge in [-0.15, -0.1) is 13.2 Å². The molecule has 0 aromatic carbocycles. The molecule has 3 aliphatic heterocycles. The summed E-state index contributed by atoms with van der Waals surface area (Å²) in [6.45, 7) is 20.1. The second kappa shape index (κ2) is 9.35. The molecule has 0 saturated carbocycles. The molecular formula is C21H41N3. The van der Waals surface area contributed by atoms with Crippen LogP contribution in [0.5, 0.6) is 0 Å². The van der Waals surface area contributed by atoms with Gasteiger partial charge in [0.25, 0.3) is 0 Å². The molecule has 1 spiro atoms. The SMILES string of the molecule is C=C.CC(C)N1CCC2(CCN(CC3CCN(C)CC3)CC2)CC1. The molecule has 0 aliphatic carbocycles. The highest BCUT2D eigenvalue weighted by molar-refractivity contribution is 4.91. The number of rotatable bonds is 3. The van der Waals surface area contributed by atoms with E-state index in [0.29, 0.717) is 5.41 Å². The zero-order valence-corrected chi connectivity index (χ0v) is 16.6. The fourth-order valence-corrected chi connectivity index (χ4v) is 4.83. The fraction of sp³-hybridized carbons (Fsp3) is 0.905. The minimum absolute atomic E-state index is 0.703. The summed E-state index contributed by atoms with van der Waals surface area (Å²) < 4.78 is 0. The number of hydrogen-bond donors (Lipinski definition) is 0. The Labute approximate surface area is 151 Å². The lowest BCUT2D eigenvalue weighted by Crippen LogP contribution is -2.49. The molecule has 3 saturated heterocycles. The lowest BCUT2D eigenvalue weighted by molar-refractivity contribution is 0.0180. The van der Waals surface area contributed by atoms with E-state index >= 15 is 0 Å². The Balaban J connectivity index is 0.00000100. The van der Waals surface area contributed by atoms with E-state index in [2.05, 4.69) is 48.8 Å². The molecule has 3 nitrogen and oxygen atoms in total. The summed E-state index contributed by atoms with van der Waals surface area (Å²) in [5.74, 6) is 0.966. The van der Waals surface area contributed by atoms with E-state index in [0.717, 1.165) is 12.0 Å². The molecule has 0 amide bonds. The third kappa shape index (κ3) is 5.31. The number of piperidine rings is 3. The van der Waals surface area contributed by atoms with Crippen molar-refractivity contribution in [2.45, 2.75) is 58.4 Å². The van der Waals surface area contributed by atoms with Crippen molar-refractivity contribution in [3.63, 3.8) is 0 Å². The van der Waals surface area contributed by atoms with E-state index in [1.807, 2.05) is 0 Å². The molecule has 3 fully saturated rings. The van der Waals surface area contributed by atoms with Crippen LogP contribution in [-0.4, -0.2) is 73.6 Å². The standard InChI is InChI=1S/C19H37N3.C2H4/c1-17(2)22-14-8-19(9-15-22)6-12-21(13-7-19)16-18-4-10-20(3)11-5-18;1-2/h17-18H,4-16H2,1-3H3;1-2H2. The molecule has 0 atom stereocenters. The Morgan fingerprint density at radius 2 is 1.38 bits per heavy atom. The number of nitrogens with zero attached hydrogens (tertiary/aromatic N) is 3. The summed E-state index contributed by atoms with van der Waals surface area (Å²) in [6.07, 6.45) is 8.67. The third-order valence-corrected chi connectivity index (χ3v) is 6.86. The lowest BCUT2D eigenvalue weighted by atomic mass is 9.71. The summed E-state index contributed by atoms with van der Waals surface area (Å²) in [4.78, 5) is 7.95. The highest BCUT2D eigenvalue weighted by Gasteiger charge is 2.38. The Morgan fingerprint density at radius 1 is 0.875 bits per heavy atom. The van der Waals surface area contributed by atoms with Crippen LogP contribution in [0.3, 0.4) is 0 Å². The van der Waals surface area contributed by atoms with Crippen molar-refractivity contribution in [1.29, 1.82) is 0 Å². The van der Waals surface area contributed by atoms with Crippen LogP contribution in [0.1, 0.15) is 52.4 Å². The predicted octanol–water partition coefficient (Wildman–Crippen LogP) is 3.72. The first kappa shape index (κ1) is 19.9. The average Bonchev–Trinajstić information content (AvgIpc) is 2.61. The first-order valence-corrected chi connectivity index (χ1v) is 10.2. The maximum Gasteiger partial charge on any atom is 0.00385 e. The van der Waals surface area contributed by atoms with Gasteiger partial charge in [0.15, 0.2) is 0 Å². The molecule has 0 unspecified atom stereocenters. The summed E-state index contributed by atoms with van der Waals surface area (Å²) >= 11 is 0. The second-order valence-electron chi connectivity index (χ2n) is 8.68. The van der Waals surface area contributed by atoms with E-state index in [9.17, 15) is 0 Å². The molecule has 3 aliphatic rings. The monoisotopic (exact) mass is 335 g/mol. The molecule has 3 rings (SSSR count). The first-order valence-electron chi connectivity index (χ1n) is 10.2. The van der Waals surface area contributed by atoms with Crippen molar-refractivity contribution in [1.82, 2.24) is 14.7 Å². The van der Waals surface area contributed by atoms with Gasteiger partial charge < -0.3 is 14.7 Å². The van der Waals surface area contributed by atoms with Crippen molar-refractivity contribution in [2.75, 3.05) is 52.9 Å². The van der Waals surface area contributed by atoms with Gasteiger partial charge in [-0.3, -0.25) is 0 Å². The lowest BCUT2D eigenvalue weighted by Gasteiger charge is -2.48. The van der Waals surface area contributed by atoms with Gasteiger partial charge in [-0.2, -0.15) is 0 Å². The van der Waals surface area contributed by atoms with Gasteiger partial charge in [0.1, 0.15) is 0 Å². The van der Waals surface area contributed by atoms with E-state index in [-0.39, 0.29) is 0 Å². The van der Waals surface area contributed by atoms with Crippen LogP contribution < -0.4 is 0 Å². The first-order chi connectivity index (χ1) is 11.6. The third-order valence-electron chi connectivity index (χ3n) is 6.86. The molecule has 0 bridgehead atoms. The van der Waals surface area contributed by atoms with Crippen molar-refractivity contribution in [3.05, 3.63) is 13.2 Å². The molecule has 140 valence electrons.